The molecule has 1 rings (SSSR count). The third-order valence-corrected chi connectivity index (χ3v) is 2.98. The summed E-state index contributed by atoms with van der Waals surface area (Å²) in [5.41, 5.74) is 0. The van der Waals surface area contributed by atoms with Crippen molar-refractivity contribution in [3.8, 4) is 0 Å². The summed E-state index contributed by atoms with van der Waals surface area (Å²) in [6, 6.07) is 1.53. The van der Waals surface area contributed by atoms with E-state index < -0.39 is 0 Å². The van der Waals surface area contributed by atoms with Crippen molar-refractivity contribution in [1.29, 1.82) is 0 Å². The molecule has 0 saturated heterocycles. The number of rotatable bonds is 8. The molecular formula is C12H24N2. The summed E-state index contributed by atoms with van der Waals surface area (Å²) in [4.78, 5) is 2.35. The van der Waals surface area contributed by atoms with Gasteiger partial charge in [-0.15, -0.1) is 6.58 Å². The minimum atomic E-state index is 0.675. The van der Waals surface area contributed by atoms with Crippen LogP contribution >= 0.6 is 0 Å². The smallest absolute Gasteiger partial charge is 0.0160 e. The normalized spacial score (nSPS) is 18.5. The molecule has 0 aromatic rings. The average molecular weight is 196 g/mol. The van der Waals surface area contributed by atoms with Crippen LogP contribution in [0, 0.1) is 0 Å². The Hall–Kier alpha value is -0.340. The second kappa shape index (κ2) is 6.20. The SMILES string of the molecule is C=CCN(C)C(C)CCCNC1CC1. The molecule has 2 nitrogen and oxygen atoms in total. The Bertz CT molecular complexity index is 164. The Kier molecular flexibility index (Phi) is 5.20. The molecule has 0 aromatic heterocycles. The third kappa shape index (κ3) is 4.77. The van der Waals surface area contributed by atoms with Gasteiger partial charge in [0.2, 0.25) is 0 Å². The van der Waals surface area contributed by atoms with E-state index in [4.69, 9.17) is 0 Å². The van der Waals surface area contributed by atoms with E-state index in [2.05, 4.69) is 30.8 Å². The van der Waals surface area contributed by atoms with Crippen LogP contribution in [-0.2, 0) is 0 Å². The van der Waals surface area contributed by atoms with E-state index in [-0.39, 0.29) is 0 Å². The highest BCUT2D eigenvalue weighted by atomic mass is 15.1. The van der Waals surface area contributed by atoms with E-state index in [1.165, 1.54) is 32.2 Å². The molecule has 1 N–H and O–H groups in total. The second-order valence-electron chi connectivity index (χ2n) is 4.45. The van der Waals surface area contributed by atoms with E-state index in [0.29, 0.717) is 6.04 Å². The number of hydrogen-bond donors (Lipinski definition) is 1. The van der Waals surface area contributed by atoms with Crippen LogP contribution in [0.1, 0.15) is 32.6 Å². The Labute approximate surface area is 88.4 Å². The first kappa shape index (κ1) is 11.7. The molecule has 0 heterocycles. The van der Waals surface area contributed by atoms with Crippen molar-refractivity contribution in [2.45, 2.75) is 44.7 Å². The van der Waals surface area contributed by atoms with Crippen LogP contribution in [0.2, 0.25) is 0 Å². The van der Waals surface area contributed by atoms with Gasteiger partial charge in [0.1, 0.15) is 0 Å². The first-order valence-electron chi connectivity index (χ1n) is 5.78. The molecular weight excluding hydrogens is 172 g/mol. The van der Waals surface area contributed by atoms with Crippen LogP contribution in [0.25, 0.3) is 0 Å². The van der Waals surface area contributed by atoms with Crippen molar-refractivity contribution in [3.05, 3.63) is 12.7 Å². The fourth-order valence-corrected chi connectivity index (χ4v) is 1.60. The van der Waals surface area contributed by atoms with Crippen molar-refractivity contribution in [2.75, 3.05) is 20.1 Å². The van der Waals surface area contributed by atoms with E-state index in [0.717, 1.165) is 12.6 Å². The molecule has 14 heavy (non-hydrogen) atoms. The van der Waals surface area contributed by atoms with E-state index in [1.807, 2.05) is 6.08 Å². The largest absolute Gasteiger partial charge is 0.314 e. The number of likely N-dealkylation sites (N-methyl/N-ethyl adjacent to an activating group) is 1. The first-order chi connectivity index (χ1) is 6.74. The van der Waals surface area contributed by atoms with Gasteiger partial charge in [-0.2, -0.15) is 0 Å². The molecule has 1 saturated carbocycles. The Balaban J connectivity index is 1.95. The average Bonchev–Trinajstić information content (AvgIpc) is 2.96. The van der Waals surface area contributed by atoms with E-state index in [1.54, 1.807) is 0 Å². The molecule has 1 aliphatic carbocycles. The molecule has 0 spiro atoms. The lowest BCUT2D eigenvalue weighted by Gasteiger charge is -2.23. The maximum Gasteiger partial charge on any atom is 0.0160 e. The molecule has 0 aliphatic heterocycles. The monoisotopic (exact) mass is 196 g/mol. The molecule has 1 unspecified atom stereocenters. The highest BCUT2D eigenvalue weighted by Gasteiger charge is 2.19. The predicted molar refractivity (Wildman–Crippen MR) is 62.5 cm³/mol. The highest BCUT2D eigenvalue weighted by Crippen LogP contribution is 2.18. The fourth-order valence-electron chi connectivity index (χ4n) is 1.60. The summed E-state index contributed by atoms with van der Waals surface area (Å²) < 4.78 is 0. The molecule has 2 heteroatoms. The minimum absolute atomic E-state index is 0.675. The zero-order chi connectivity index (χ0) is 10.4. The number of hydrogen-bond acceptors (Lipinski definition) is 2. The maximum absolute atomic E-state index is 3.76. The summed E-state index contributed by atoms with van der Waals surface area (Å²) in [5.74, 6) is 0. The van der Waals surface area contributed by atoms with Gasteiger partial charge in [0.25, 0.3) is 0 Å². The van der Waals surface area contributed by atoms with Crippen molar-refractivity contribution >= 4 is 0 Å². The standard InChI is InChI=1S/C12H24N2/c1-4-10-14(3)11(2)6-5-9-13-12-7-8-12/h4,11-13H,1,5-10H2,2-3H3. The molecule has 82 valence electrons. The van der Waals surface area contributed by atoms with Crippen molar-refractivity contribution in [3.63, 3.8) is 0 Å². The van der Waals surface area contributed by atoms with Gasteiger partial charge in [0.05, 0.1) is 0 Å². The first-order valence-corrected chi connectivity index (χ1v) is 5.78. The molecule has 0 bridgehead atoms. The van der Waals surface area contributed by atoms with Gasteiger partial charge in [-0.25, -0.2) is 0 Å². The lowest BCUT2D eigenvalue weighted by Crippen LogP contribution is -2.30. The zero-order valence-electron chi connectivity index (χ0n) is 9.63. The van der Waals surface area contributed by atoms with Crippen LogP contribution in [0.3, 0.4) is 0 Å². The Morgan fingerprint density at radius 2 is 2.29 bits per heavy atom. The second-order valence-corrected chi connectivity index (χ2v) is 4.45. The quantitative estimate of drug-likeness (QED) is 0.472. The van der Waals surface area contributed by atoms with Crippen molar-refractivity contribution in [1.82, 2.24) is 10.2 Å². The predicted octanol–water partition coefficient (Wildman–Crippen LogP) is 2.02. The molecule has 0 amide bonds. The van der Waals surface area contributed by atoms with Crippen LogP contribution in [0.5, 0.6) is 0 Å². The summed E-state index contributed by atoms with van der Waals surface area (Å²) in [5, 5.41) is 3.54. The summed E-state index contributed by atoms with van der Waals surface area (Å²) in [6.45, 7) is 8.24. The molecule has 1 fully saturated rings. The van der Waals surface area contributed by atoms with Crippen LogP contribution in [0.4, 0.5) is 0 Å². The topological polar surface area (TPSA) is 15.3 Å². The van der Waals surface area contributed by atoms with Gasteiger partial charge in [0, 0.05) is 18.6 Å². The molecule has 0 radical (unpaired) electrons. The summed E-state index contributed by atoms with van der Waals surface area (Å²) >= 11 is 0. The lowest BCUT2D eigenvalue weighted by molar-refractivity contribution is 0.266. The number of nitrogens with zero attached hydrogens (tertiary/aromatic N) is 1. The highest BCUT2D eigenvalue weighted by molar-refractivity contribution is 4.81. The molecule has 1 atom stereocenters. The Morgan fingerprint density at radius 3 is 2.86 bits per heavy atom. The van der Waals surface area contributed by atoms with Gasteiger partial charge in [-0.3, -0.25) is 0 Å². The van der Waals surface area contributed by atoms with Crippen LogP contribution in [-0.4, -0.2) is 37.1 Å². The van der Waals surface area contributed by atoms with Gasteiger partial charge < -0.3 is 10.2 Å². The molecule has 0 aromatic carbocycles. The number of nitrogens with one attached hydrogen (secondary N) is 1. The zero-order valence-corrected chi connectivity index (χ0v) is 9.63. The van der Waals surface area contributed by atoms with Crippen molar-refractivity contribution < 1.29 is 0 Å². The molecule has 1 aliphatic rings. The van der Waals surface area contributed by atoms with E-state index in [9.17, 15) is 0 Å². The Morgan fingerprint density at radius 1 is 1.57 bits per heavy atom. The third-order valence-electron chi connectivity index (χ3n) is 2.98. The van der Waals surface area contributed by atoms with Crippen molar-refractivity contribution in [2.24, 2.45) is 0 Å². The summed E-state index contributed by atoms with van der Waals surface area (Å²) in [7, 11) is 2.17. The van der Waals surface area contributed by atoms with Gasteiger partial charge in [-0.1, -0.05) is 6.08 Å². The fraction of sp³-hybridized carbons (Fsp3) is 0.833. The minimum Gasteiger partial charge on any atom is -0.314 e. The summed E-state index contributed by atoms with van der Waals surface area (Å²) in [6.07, 6.45) is 7.33. The maximum atomic E-state index is 3.76. The van der Waals surface area contributed by atoms with Gasteiger partial charge in [0.15, 0.2) is 0 Å². The van der Waals surface area contributed by atoms with Gasteiger partial charge in [-0.05, 0) is 46.2 Å². The van der Waals surface area contributed by atoms with Gasteiger partial charge >= 0.3 is 0 Å². The van der Waals surface area contributed by atoms with Crippen LogP contribution < -0.4 is 5.32 Å². The van der Waals surface area contributed by atoms with Crippen LogP contribution in [0.15, 0.2) is 12.7 Å². The lowest BCUT2D eigenvalue weighted by atomic mass is 10.1. The van der Waals surface area contributed by atoms with E-state index >= 15 is 0 Å².